The lowest BCUT2D eigenvalue weighted by molar-refractivity contribution is -0.131. The van der Waals surface area contributed by atoms with Gasteiger partial charge in [0.15, 0.2) is 0 Å². The highest BCUT2D eigenvalue weighted by molar-refractivity contribution is 6.30. The van der Waals surface area contributed by atoms with Crippen LogP contribution in [0.15, 0.2) is 53.5 Å². The van der Waals surface area contributed by atoms with Gasteiger partial charge >= 0.3 is 6.03 Å². The topological polar surface area (TPSA) is 83.8 Å². The summed E-state index contributed by atoms with van der Waals surface area (Å²) in [5, 5.41) is 3.56. The van der Waals surface area contributed by atoms with Crippen molar-refractivity contribution in [3.8, 4) is 0 Å². The first kappa shape index (κ1) is 18.5. The first-order valence-corrected chi connectivity index (χ1v) is 9.11. The van der Waals surface area contributed by atoms with Gasteiger partial charge in [0.1, 0.15) is 11.2 Å². The van der Waals surface area contributed by atoms with E-state index in [1.807, 2.05) is 0 Å². The molecule has 3 amide bonds. The molecule has 0 aliphatic carbocycles. The van der Waals surface area contributed by atoms with E-state index in [2.05, 4.69) is 10.3 Å². The van der Waals surface area contributed by atoms with Crippen LogP contribution in [0.3, 0.4) is 0 Å². The van der Waals surface area contributed by atoms with Crippen LogP contribution >= 0.6 is 23.2 Å². The SMILES string of the molecule is CC1(c2cccc(Cl)c2)NC(=O)N(Cc2cc(=O)n3cc(Cl)ccc3n2)C1=O. The lowest BCUT2D eigenvalue weighted by Crippen LogP contribution is -2.40. The molecule has 1 saturated heterocycles. The fraction of sp³-hybridized carbons (Fsp3) is 0.158. The Morgan fingerprint density at radius 1 is 1.07 bits per heavy atom. The lowest BCUT2D eigenvalue weighted by atomic mass is 9.92. The predicted octanol–water partition coefficient (Wildman–Crippen LogP) is 2.97. The number of benzene rings is 1. The molecular formula is C19H14Cl2N4O3. The molecule has 1 aliphatic heterocycles. The third-order valence-electron chi connectivity index (χ3n) is 4.67. The summed E-state index contributed by atoms with van der Waals surface area (Å²) in [5.41, 5.74) is -0.363. The molecule has 1 aliphatic rings. The molecule has 3 heterocycles. The average Bonchev–Trinajstić information content (AvgIpc) is 2.87. The van der Waals surface area contributed by atoms with Crippen molar-refractivity contribution in [2.45, 2.75) is 19.0 Å². The second-order valence-corrected chi connectivity index (χ2v) is 7.49. The molecule has 7 nitrogen and oxygen atoms in total. The number of nitrogens with zero attached hydrogens (tertiary/aromatic N) is 3. The molecule has 1 aromatic carbocycles. The summed E-state index contributed by atoms with van der Waals surface area (Å²) in [5.74, 6) is -0.446. The molecule has 0 bridgehead atoms. The van der Waals surface area contributed by atoms with Crippen LogP contribution in [-0.2, 0) is 16.9 Å². The van der Waals surface area contributed by atoms with Crippen molar-refractivity contribution in [3.05, 3.63) is 80.3 Å². The second-order valence-electron chi connectivity index (χ2n) is 6.62. The predicted molar refractivity (Wildman–Crippen MR) is 104 cm³/mol. The highest BCUT2D eigenvalue weighted by Gasteiger charge is 2.49. The fourth-order valence-corrected chi connectivity index (χ4v) is 3.56. The van der Waals surface area contributed by atoms with Gasteiger partial charge in [-0.25, -0.2) is 9.78 Å². The van der Waals surface area contributed by atoms with Crippen LogP contribution in [0.4, 0.5) is 4.79 Å². The minimum absolute atomic E-state index is 0.130. The quantitative estimate of drug-likeness (QED) is 0.665. The first-order chi connectivity index (χ1) is 13.3. The number of halogens is 2. The maximum atomic E-state index is 13.0. The lowest BCUT2D eigenvalue weighted by Gasteiger charge is -2.22. The first-order valence-electron chi connectivity index (χ1n) is 8.36. The molecule has 1 fully saturated rings. The maximum Gasteiger partial charge on any atom is 0.325 e. The molecule has 28 heavy (non-hydrogen) atoms. The van der Waals surface area contributed by atoms with Gasteiger partial charge in [-0.05, 0) is 36.8 Å². The maximum absolute atomic E-state index is 13.0. The molecule has 4 rings (SSSR count). The van der Waals surface area contributed by atoms with E-state index in [1.165, 1.54) is 16.7 Å². The van der Waals surface area contributed by atoms with Gasteiger partial charge in [-0.3, -0.25) is 18.9 Å². The fourth-order valence-electron chi connectivity index (χ4n) is 3.20. The number of pyridine rings is 1. The molecule has 1 atom stereocenters. The summed E-state index contributed by atoms with van der Waals surface area (Å²) >= 11 is 11.9. The van der Waals surface area contributed by atoms with Gasteiger partial charge < -0.3 is 5.32 Å². The number of hydrogen-bond acceptors (Lipinski definition) is 4. The van der Waals surface area contributed by atoms with E-state index >= 15 is 0 Å². The largest absolute Gasteiger partial charge is 0.325 e. The monoisotopic (exact) mass is 416 g/mol. The van der Waals surface area contributed by atoms with Gasteiger partial charge in [0.05, 0.1) is 17.3 Å². The van der Waals surface area contributed by atoms with E-state index in [0.717, 1.165) is 4.90 Å². The number of carbonyl (C=O) groups excluding carboxylic acids is 2. The normalized spacial score (nSPS) is 19.3. The number of carbonyl (C=O) groups is 2. The van der Waals surface area contributed by atoms with Crippen LogP contribution in [0.2, 0.25) is 10.0 Å². The molecule has 2 aromatic heterocycles. The van der Waals surface area contributed by atoms with Crippen molar-refractivity contribution in [3.63, 3.8) is 0 Å². The van der Waals surface area contributed by atoms with Crippen molar-refractivity contribution in [2.75, 3.05) is 0 Å². The Morgan fingerprint density at radius 3 is 2.61 bits per heavy atom. The van der Waals surface area contributed by atoms with E-state index in [0.29, 0.717) is 26.9 Å². The van der Waals surface area contributed by atoms with Gasteiger partial charge in [0.2, 0.25) is 0 Å². The number of nitrogens with one attached hydrogen (secondary N) is 1. The third kappa shape index (κ3) is 3.02. The molecule has 1 unspecified atom stereocenters. The molecule has 0 radical (unpaired) electrons. The van der Waals surface area contributed by atoms with Crippen LogP contribution < -0.4 is 10.9 Å². The standard InChI is InChI=1S/C19H14Cl2N4O3/c1-19(11-3-2-4-12(20)7-11)17(27)25(18(28)23-19)10-14-8-16(26)24-9-13(21)5-6-15(24)22-14/h2-9H,10H2,1H3,(H,23,28). The van der Waals surface area contributed by atoms with E-state index in [1.54, 1.807) is 43.3 Å². The minimum Gasteiger partial charge on any atom is -0.319 e. The van der Waals surface area contributed by atoms with Crippen molar-refractivity contribution in [1.29, 1.82) is 0 Å². The number of urea groups is 1. The Morgan fingerprint density at radius 2 is 1.86 bits per heavy atom. The van der Waals surface area contributed by atoms with Crippen LogP contribution in [0.25, 0.3) is 5.65 Å². The summed E-state index contributed by atoms with van der Waals surface area (Å²) in [7, 11) is 0. The molecule has 3 aromatic rings. The van der Waals surface area contributed by atoms with Crippen molar-refractivity contribution in [2.24, 2.45) is 0 Å². The van der Waals surface area contributed by atoms with Crippen molar-refractivity contribution in [1.82, 2.24) is 19.6 Å². The Hall–Kier alpha value is -2.90. The van der Waals surface area contributed by atoms with Crippen molar-refractivity contribution >= 4 is 40.8 Å². The molecule has 142 valence electrons. The second kappa shape index (κ2) is 6.61. The molecule has 1 N–H and O–H groups in total. The van der Waals surface area contributed by atoms with E-state index in [-0.39, 0.29) is 12.1 Å². The summed E-state index contributed by atoms with van der Waals surface area (Å²) in [4.78, 5) is 43.2. The summed E-state index contributed by atoms with van der Waals surface area (Å²) < 4.78 is 1.30. The Balaban J connectivity index is 1.68. The number of aromatic nitrogens is 2. The third-order valence-corrected chi connectivity index (χ3v) is 5.13. The van der Waals surface area contributed by atoms with E-state index < -0.39 is 17.5 Å². The minimum atomic E-state index is -1.25. The highest BCUT2D eigenvalue weighted by Crippen LogP contribution is 2.31. The molecule has 0 spiro atoms. The van der Waals surface area contributed by atoms with Gasteiger partial charge in [0, 0.05) is 17.3 Å². The van der Waals surface area contributed by atoms with Crippen LogP contribution in [0.5, 0.6) is 0 Å². The molecule has 9 heteroatoms. The van der Waals surface area contributed by atoms with Gasteiger partial charge in [-0.15, -0.1) is 0 Å². The zero-order chi connectivity index (χ0) is 20.1. The van der Waals surface area contributed by atoms with E-state index in [9.17, 15) is 14.4 Å². The van der Waals surface area contributed by atoms with Crippen molar-refractivity contribution < 1.29 is 9.59 Å². The number of amides is 3. The Kier molecular flexibility index (Phi) is 4.36. The van der Waals surface area contributed by atoms with Gasteiger partial charge in [0.25, 0.3) is 11.5 Å². The number of hydrogen-bond donors (Lipinski definition) is 1. The van der Waals surface area contributed by atoms with Crippen LogP contribution in [-0.4, -0.2) is 26.2 Å². The average molecular weight is 417 g/mol. The van der Waals surface area contributed by atoms with Gasteiger partial charge in [-0.1, -0.05) is 35.3 Å². The van der Waals surface area contributed by atoms with Gasteiger partial charge in [-0.2, -0.15) is 0 Å². The summed E-state index contributed by atoms with van der Waals surface area (Å²) in [6, 6.07) is 10.7. The van der Waals surface area contributed by atoms with Crippen LogP contribution in [0.1, 0.15) is 18.2 Å². The number of fused-ring (bicyclic) bond motifs is 1. The zero-order valence-corrected chi connectivity index (χ0v) is 16.2. The Bertz CT molecular complexity index is 1190. The summed E-state index contributed by atoms with van der Waals surface area (Å²) in [6.45, 7) is 1.48. The highest BCUT2D eigenvalue weighted by atomic mass is 35.5. The smallest absolute Gasteiger partial charge is 0.319 e. The molecular weight excluding hydrogens is 403 g/mol. The number of imide groups is 1. The summed E-state index contributed by atoms with van der Waals surface area (Å²) in [6.07, 6.45) is 1.46. The molecule has 0 saturated carbocycles. The Labute approximate surface area is 169 Å². The zero-order valence-electron chi connectivity index (χ0n) is 14.6. The number of rotatable bonds is 3. The van der Waals surface area contributed by atoms with Crippen LogP contribution in [0, 0.1) is 0 Å². The van der Waals surface area contributed by atoms with E-state index in [4.69, 9.17) is 23.2 Å².